The number of primary amides is 1. The minimum Gasteiger partial charge on any atom is -0.368 e. The van der Waals surface area contributed by atoms with Gasteiger partial charge in [0.25, 0.3) is 5.91 Å². The Bertz CT molecular complexity index is 1440. The molecule has 0 fully saturated rings. The average molecular weight is 537 g/mol. The molecule has 2 atom stereocenters. The van der Waals surface area contributed by atoms with Crippen molar-refractivity contribution in [3.63, 3.8) is 0 Å². The normalized spacial score (nSPS) is 15.8. The number of halogens is 3. The third kappa shape index (κ3) is 6.17. The molecule has 0 aliphatic carbocycles. The standard InChI is InChI=1S/C29H27F3N4O3/c1-16(2)26-20-5-3-4-6-24(20)36(15-25(33)37)29(39)27(34-26)35-28(38)21(18-8-10-19(30)11-9-18)13-17-7-12-22(31)23(32)14-17/h3-12,14,16,21,27H,13,15H2,1-2H3,(H2,33,37)(H,35,38)/t21-,27?/m1/s1. The molecule has 0 aromatic heterocycles. The molecule has 10 heteroatoms. The van der Waals surface area contributed by atoms with Gasteiger partial charge in [-0.05, 0) is 53.8 Å². The van der Waals surface area contributed by atoms with Gasteiger partial charge < -0.3 is 11.1 Å². The highest BCUT2D eigenvalue weighted by Gasteiger charge is 2.35. The van der Waals surface area contributed by atoms with Crippen LogP contribution in [0.3, 0.4) is 0 Å². The molecule has 0 radical (unpaired) electrons. The minimum absolute atomic E-state index is 0.0679. The van der Waals surface area contributed by atoms with Crippen LogP contribution in [0.5, 0.6) is 0 Å². The highest BCUT2D eigenvalue weighted by molar-refractivity contribution is 6.15. The van der Waals surface area contributed by atoms with Crippen molar-refractivity contribution < 1.29 is 27.6 Å². The summed E-state index contributed by atoms with van der Waals surface area (Å²) in [6.45, 7) is 3.33. The van der Waals surface area contributed by atoms with E-state index in [1.165, 1.54) is 35.2 Å². The van der Waals surface area contributed by atoms with Crippen LogP contribution in [-0.4, -0.2) is 36.1 Å². The van der Waals surface area contributed by atoms with Crippen LogP contribution in [0.2, 0.25) is 0 Å². The average Bonchev–Trinajstić information content (AvgIpc) is 3.00. The molecule has 1 unspecified atom stereocenters. The Morgan fingerprint density at radius 3 is 2.33 bits per heavy atom. The fourth-order valence-corrected chi connectivity index (χ4v) is 4.52. The van der Waals surface area contributed by atoms with Crippen molar-refractivity contribution in [2.45, 2.75) is 32.4 Å². The predicted molar refractivity (Wildman–Crippen MR) is 140 cm³/mol. The van der Waals surface area contributed by atoms with Crippen LogP contribution >= 0.6 is 0 Å². The summed E-state index contributed by atoms with van der Waals surface area (Å²) in [6, 6.07) is 15.4. The Morgan fingerprint density at radius 1 is 1.00 bits per heavy atom. The summed E-state index contributed by atoms with van der Waals surface area (Å²) < 4.78 is 41.1. The van der Waals surface area contributed by atoms with E-state index in [0.29, 0.717) is 28.1 Å². The van der Waals surface area contributed by atoms with Gasteiger partial charge in [-0.1, -0.05) is 50.2 Å². The molecule has 0 saturated carbocycles. The molecule has 0 bridgehead atoms. The van der Waals surface area contributed by atoms with E-state index >= 15 is 0 Å². The number of aliphatic imine (C=N–C) groups is 1. The number of carbonyl (C=O) groups is 3. The van der Waals surface area contributed by atoms with E-state index in [-0.39, 0.29) is 12.3 Å². The van der Waals surface area contributed by atoms with Gasteiger partial charge in [-0.3, -0.25) is 24.3 Å². The molecule has 3 aromatic rings. The van der Waals surface area contributed by atoms with Crippen LogP contribution in [0.4, 0.5) is 18.9 Å². The van der Waals surface area contributed by atoms with Crippen molar-refractivity contribution in [1.82, 2.24) is 5.32 Å². The van der Waals surface area contributed by atoms with Crippen molar-refractivity contribution >= 4 is 29.1 Å². The molecule has 7 nitrogen and oxygen atoms in total. The molecular formula is C29H27F3N4O3. The number of hydrogen-bond donors (Lipinski definition) is 2. The van der Waals surface area contributed by atoms with Crippen LogP contribution in [0, 0.1) is 23.4 Å². The Labute approximate surface area is 223 Å². The minimum atomic E-state index is -1.41. The molecule has 3 amide bonds. The second-order valence-electron chi connectivity index (χ2n) is 9.54. The zero-order chi connectivity index (χ0) is 28.3. The molecule has 202 valence electrons. The Kier molecular flexibility index (Phi) is 8.13. The second kappa shape index (κ2) is 11.5. The van der Waals surface area contributed by atoms with E-state index in [2.05, 4.69) is 10.3 Å². The van der Waals surface area contributed by atoms with Crippen molar-refractivity contribution in [3.05, 3.63) is 101 Å². The van der Waals surface area contributed by atoms with Crippen molar-refractivity contribution in [3.8, 4) is 0 Å². The van der Waals surface area contributed by atoms with Gasteiger partial charge in [0.05, 0.1) is 11.6 Å². The highest BCUT2D eigenvalue weighted by Crippen LogP contribution is 2.29. The fourth-order valence-electron chi connectivity index (χ4n) is 4.52. The molecular weight excluding hydrogens is 509 g/mol. The van der Waals surface area contributed by atoms with E-state index in [9.17, 15) is 27.6 Å². The summed E-state index contributed by atoms with van der Waals surface area (Å²) in [5.74, 6) is -5.85. The molecule has 1 heterocycles. The number of hydrogen-bond acceptors (Lipinski definition) is 4. The van der Waals surface area contributed by atoms with E-state index < -0.39 is 53.8 Å². The van der Waals surface area contributed by atoms with Crippen LogP contribution in [0.25, 0.3) is 0 Å². The number of amides is 3. The van der Waals surface area contributed by atoms with E-state index in [0.717, 1.165) is 12.1 Å². The summed E-state index contributed by atoms with van der Waals surface area (Å²) in [5.41, 5.74) is 7.74. The summed E-state index contributed by atoms with van der Waals surface area (Å²) in [4.78, 5) is 45.0. The first-order valence-electron chi connectivity index (χ1n) is 12.3. The summed E-state index contributed by atoms with van der Waals surface area (Å²) in [5, 5.41) is 2.66. The van der Waals surface area contributed by atoms with Gasteiger partial charge >= 0.3 is 0 Å². The first kappa shape index (κ1) is 27.6. The molecule has 1 aliphatic heterocycles. The first-order valence-corrected chi connectivity index (χ1v) is 12.3. The number of nitrogens with zero attached hydrogens (tertiary/aromatic N) is 2. The second-order valence-corrected chi connectivity index (χ2v) is 9.54. The molecule has 3 aromatic carbocycles. The number of rotatable bonds is 8. The topological polar surface area (TPSA) is 105 Å². The number of fused-ring (bicyclic) bond motifs is 1. The van der Waals surface area contributed by atoms with E-state index in [1.807, 2.05) is 13.8 Å². The summed E-state index contributed by atoms with van der Waals surface area (Å²) >= 11 is 0. The third-order valence-corrected chi connectivity index (χ3v) is 6.39. The molecule has 3 N–H and O–H groups in total. The lowest BCUT2D eigenvalue weighted by molar-refractivity contribution is -0.128. The van der Waals surface area contributed by atoms with Gasteiger partial charge in [-0.2, -0.15) is 0 Å². The van der Waals surface area contributed by atoms with Crippen molar-refractivity contribution in [1.29, 1.82) is 0 Å². The quantitative estimate of drug-likeness (QED) is 0.457. The number of benzodiazepines with no additional fused rings is 1. The summed E-state index contributed by atoms with van der Waals surface area (Å²) in [6.07, 6.45) is -1.48. The van der Waals surface area contributed by atoms with Gasteiger partial charge in [0.2, 0.25) is 18.0 Å². The number of benzene rings is 3. The molecule has 0 spiro atoms. The third-order valence-electron chi connectivity index (χ3n) is 6.39. The van der Waals surface area contributed by atoms with Crippen molar-refractivity contribution in [2.75, 3.05) is 11.4 Å². The summed E-state index contributed by atoms with van der Waals surface area (Å²) in [7, 11) is 0. The number of anilines is 1. The zero-order valence-corrected chi connectivity index (χ0v) is 21.3. The maximum Gasteiger partial charge on any atom is 0.272 e. The Hall–Kier alpha value is -4.47. The number of nitrogens with two attached hydrogens (primary N) is 1. The lowest BCUT2D eigenvalue weighted by Crippen LogP contribution is -2.50. The van der Waals surface area contributed by atoms with Gasteiger partial charge in [0.1, 0.15) is 12.4 Å². The molecule has 0 saturated heterocycles. The van der Waals surface area contributed by atoms with E-state index in [1.54, 1.807) is 24.3 Å². The van der Waals surface area contributed by atoms with Crippen LogP contribution in [0.15, 0.2) is 71.7 Å². The maximum absolute atomic E-state index is 13.9. The van der Waals surface area contributed by atoms with Crippen LogP contribution in [0.1, 0.15) is 36.5 Å². The monoisotopic (exact) mass is 536 g/mol. The SMILES string of the molecule is CC(C)C1=NC(NC(=O)[C@H](Cc2ccc(F)c(F)c2)c2ccc(F)cc2)C(=O)N(CC(N)=O)c2ccccc21. The predicted octanol–water partition coefficient (Wildman–Crippen LogP) is 3.85. The Morgan fingerprint density at radius 2 is 1.69 bits per heavy atom. The Balaban J connectivity index is 1.73. The smallest absolute Gasteiger partial charge is 0.272 e. The molecule has 39 heavy (non-hydrogen) atoms. The number of nitrogens with one attached hydrogen (secondary N) is 1. The lowest BCUT2D eigenvalue weighted by atomic mass is 9.91. The molecule has 4 rings (SSSR count). The van der Waals surface area contributed by atoms with Crippen LogP contribution in [-0.2, 0) is 20.8 Å². The van der Waals surface area contributed by atoms with Gasteiger partial charge in [0, 0.05) is 11.3 Å². The maximum atomic E-state index is 13.9. The largest absolute Gasteiger partial charge is 0.368 e. The zero-order valence-electron chi connectivity index (χ0n) is 21.3. The number of carbonyl (C=O) groups excluding carboxylic acids is 3. The van der Waals surface area contributed by atoms with Gasteiger partial charge in [0.15, 0.2) is 11.6 Å². The van der Waals surface area contributed by atoms with Gasteiger partial charge in [-0.25, -0.2) is 13.2 Å². The van der Waals surface area contributed by atoms with Gasteiger partial charge in [-0.15, -0.1) is 0 Å². The highest BCUT2D eigenvalue weighted by atomic mass is 19.2. The first-order chi connectivity index (χ1) is 18.5. The molecule has 1 aliphatic rings. The number of para-hydroxylation sites is 1. The fraction of sp³-hybridized carbons (Fsp3) is 0.241. The van der Waals surface area contributed by atoms with Crippen LogP contribution < -0.4 is 16.0 Å². The van der Waals surface area contributed by atoms with Crippen molar-refractivity contribution in [2.24, 2.45) is 16.6 Å². The lowest BCUT2D eigenvalue weighted by Gasteiger charge is -2.25. The van der Waals surface area contributed by atoms with E-state index in [4.69, 9.17) is 5.73 Å².